The Morgan fingerprint density at radius 3 is 2.85 bits per heavy atom. The third-order valence-electron chi connectivity index (χ3n) is 3.57. The Balaban J connectivity index is 1.95. The van der Waals surface area contributed by atoms with Crippen molar-refractivity contribution in [1.82, 2.24) is 10.2 Å². The Kier molecular flexibility index (Phi) is 10.3. The summed E-state index contributed by atoms with van der Waals surface area (Å²) in [6.07, 6.45) is 5.54. The van der Waals surface area contributed by atoms with Crippen LogP contribution in [0.15, 0.2) is 0 Å². The van der Waals surface area contributed by atoms with E-state index in [1.165, 1.54) is 19.4 Å². The zero-order valence-electron chi connectivity index (χ0n) is 13.7. The van der Waals surface area contributed by atoms with Gasteiger partial charge in [-0.1, -0.05) is 6.92 Å². The molecular weight excluding hydrogens is 252 g/mol. The SMILES string of the molecule is CCCOC1CCCN(CCNCCCOC(C)C)C1. The summed E-state index contributed by atoms with van der Waals surface area (Å²) in [5.41, 5.74) is 0. The second-order valence-electron chi connectivity index (χ2n) is 5.96. The number of nitrogens with zero attached hydrogens (tertiary/aromatic N) is 1. The molecule has 120 valence electrons. The van der Waals surface area contributed by atoms with Crippen LogP contribution in [0.25, 0.3) is 0 Å². The minimum Gasteiger partial charge on any atom is -0.379 e. The molecule has 1 N–H and O–H groups in total. The maximum Gasteiger partial charge on any atom is 0.0702 e. The van der Waals surface area contributed by atoms with Crippen LogP contribution in [0, 0.1) is 0 Å². The zero-order chi connectivity index (χ0) is 14.6. The maximum absolute atomic E-state index is 5.87. The quantitative estimate of drug-likeness (QED) is 0.591. The van der Waals surface area contributed by atoms with Crippen LogP contribution in [0.4, 0.5) is 0 Å². The number of hydrogen-bond acceptors (Lipinski definition) is 4. The van der Waals surface area contributed by atoms with Gasteiger partial charge in [-0.25, -0.2) is 0 Å². The van der Waals surface area contributed by atoms with E-state index in [1.54, 1.807) is 0 Å². The Labute approximate surface area is 125 Å². The standard InChI is InChI=1S/C16H34N2O2/c1-4-12-20-16-7-5-10-18(14-16)11-9-17-8-6-13-19-15(2)3/h15-17H,4-14H2,1-3H3. The first-order valence-electron chi connectivity index (χ1n) is 8.38. The number of hydrogen-bond donors (Lipinski definition) is 1. The number of rotatable bonds is 11. The highest BCUT2D eigenvalue weighted by molar-refractivity contribution is 4.73. The average molecular weight is 286 g/mol. The molecule has 0 amide bonds. The Morgan fingerprint density at radius 1 is 1.25 bits per heavy atom. The van der Waals surface area contributed by atoms with E-state index in [0.29, 0.717) is 12.2 Å². The summed E-state index contributed by atoms with van der Waals surface area (Å²) in [5.74, 6) is 0. The minimum absolute atomic E-state index is 0.350. The molecule has 4 heteroatoms. The van der Waals surface area contributed by atoms with E-state index in [4.69, 9.17) is 9.47 Å². The van der Waals surface area contributed by atoms with Gasteiger partial charge < -0.3 is 14.8 Å². The summed E-state index contributed by atoms with van der Waals surface area (Å²) in [5, 5.41) is 3.50. The Bertz CT molecular complexity index is 225. The molecule has 1 fully saturated rings. The van der Waals surface area contributed by atoms with Crippen LogP contribution in [0.3, 0.4) is 0 Å². The lowest BCUT2D eigenvalue weighted by atomic mass is 10.1. The molecule has 20 heavy (non-hydrogen) atoms. The van der Waals surface area contributed by atoms with E-state index in [2.05, 4.69) is 31.0 Å². The molecule has 1 saturated heterocycles. The van der Waals surface area contributed by atoms with Gasteiger partial charge in [0.15, 0.2) is 0 Å². The lowest BCUT2D eigenvalue weighted by Crippen LogP contribution is -2.42. The topological polar surface area (TPSA) is 33.7 Å². The van der Waals surface area contributed by atoms with Gasteiger partial charge in [-0.05, 0) is 52.6 Å². The predicted molar refractivity (Wildman–Crippen MR) is 84.3 cm³/mol. The van der Waals surface area contributed by atoms with E-state index in [9.17, 15) is 0 Å². The maximum atomic E-state index is 5.87. The van der Waals surface area contributed by atoms with Crippen molar-refractivity contribution in [2.75, 3.05) is 45.9 Å². The molecule has 0 aliphatic carbocycles. The second-order valence-corrected chi connectivity index (χ2v) is 5.96. The largest absolute Gasteiger partial charge is 0.379 e. The number of nitrogens with one attached hydrogen (secondary N) is 1. The molecule has 0 radical (unpaired) electrons. The van der Waals surface area contributed by atoms with Crippen LogP contribution < -0.4 is 5.32 Å². The van der Waals surface area contributed by atoms with E-state index in [-0.39, 0.29) is 0 Å². The molecule has 0 saturated carbocycles. The highest BCUT2D eigenvalue weighted by atomic mass is 16.5. The molecule has 1 aliphatic heterocycles. The van der Waals surface area contributed by atoms with Gasteiger partial charge in [0.2, 0.25) is 0 Å². The van der Waals surface area contributed by atoms with Crippen molar-refractivity contribution in [1.29, 1.82) is 0 Å². The average Bonchev–Trinajstić information content (AvgIpc) is 2.44. The van der Waals surface area contributed by atoms with E-state index in [0.717, 1.165) is 52.2 Å². The van der Waals surface area contributed by atoms with Crippen molar-refractivity contribution in [3.05, 3.63) is 0 Å². The molecule has 0 spiro atoms. The summed E-state index contributed by atoms with van der Waals surface area (Å²) in [4.78, 5) is 2.53. The van der Waals surface area contributed by atoms with Crippen molar-refractivity contribution < 1.29 is 9.47 Å². The molecular formula is C16H34N2O2. The smallest absolute Gasteiger partial charge is 0.0702 e. The van der Waals surface area contributed by atoms with Crippen LogP contribution in [0.5, 0.6) is 0 Å². The highest BCUT2D eigenvalue weighted by Crippen LogP contribution is 2.12. The van der Waals surface area contributed by atoms with Crippen LogP contribution in [-0.2, 0) is 9.47 Å². The molecule has 1 atom stereocenters. The Morgan fingerprint density at radius 2 is 2.10 bits per heavy atom. The monoisotopic (exact) mass is 286 g/mol. The molecule has 1 unspecified atom stereocenters. The van der Waals surface area contributed by atoms with Gasteiger partial charge >= 0.3 is 0 Å². The summed E-state index contributed by atoms with van der Waals surface area (Å²) in [6.45, 7) is 13.7. The lowest BCUT2D eigenvalue weighted by molar-refractivity contribution is 0.000339. The molecule has 0 bridgehead atoms. The minimum atomic E-state index is 0.350. The van der Waals surface area contributed by atoms with E-state index in [1.807, 2.05) is 0 Å². The number of likely N-dealkylation sites (tertiary alicyclic amines) is 1. The van der Waals surface area contributed by atoms with Crippen LogP contribution >= 0.6 is 0 Å². The first-order chi connectivity index (χ1) is 9.72. The zero-order valence-corrected chi connectivity index (χ0v) is 13.7. The molecule has 1 heterocycles. The number of piperidine rings is 1. The van der Waals surface area contributed by atoms with Gasteiger partial charge in [0.1, 0.15) is 0 Å². The second kappa shape index (κ2) is 11.5. The highest BCUT2D eigenvalue weighted by Gasteiger charge is 2.19. The summed E-state index contributed by atoms with van der Waals surface area (Å²) >= 11 is 0. The molecule has 4 nitrogen and oxygen atoms in total. The van der Waals surface area contributed by atoms with Gasteiger partial charge in [0.25, 0.3) is 0 Å². The fourth-order valence-electron chi connectivity index (χ4n) is 2.52. The van der Waals surface area contributed by atoms with Gasteiger partial charge in [-0.15, -0.1) is 0 Å². The summed E-state index contributed by atoms with van der Waals surface area (Å²) in [7, 11) is 0. The molecule has 0 aromatic carbocycles. The van der Waals surface area contributed by atoms with Crippen molar-refractivity contribution in [3.63, 3.8) is 0 Å². The molecule has 1 aliphatic rings. The fraction of sp³-hybridized carbons (Fsp3) is 1.00. The molecule has 0 aromatic heterocycles. The van der Waals surface area contributed by atoms with Gasteiger partial charge in [0.05, 0.1) is 12.2 Å². The normalized spacial score (nSPS) is 20.7. The third-order valence-corrected chi connectivity index (χ3v) is 3.57. The lowest BCUT2D eigenvalue weighted by Gasteiger charge is -2.32. The van der Waals surface area contributed by atoms with Gasteiger partial charge in [-0.2, -0.15) is 0 Å². The predicted octanol–water partition coefficient (Wildman–Crippen LogP) is 2.28. The van der Waals surface area contributed by atoms with Crippen LogP contribution in [0.1, 0.15) is 46.5 Å². The fourth-order valence-corrected chi connectivity index (χ4v) is 2.52. The molecule has 0 aromatic rings. The summed E-state index contributed by atoms with van der Waals surface area (Å²) < 4.78 is 11.4. The van der Waals surface area contributed by atoms with Gasteiger partial charge in [0, 0.05) is 32.8 Å². The first kappa shape index (κ1) is 17.9. The van der Waals surface area contributed by atoms with E-state index >= 15 is 0 Å². The van der Waals surface area contributed by atoms with E-state index < -0.39 is 0 Å². The number of ether oxygens (including phenoxy) is 2. The van der Waals surface area contributed by atoms with Crippen LogP contribution in [0.2, 0.25) is 0 Å². The van der Waals surface area contributed by atoms with Gasteiger partial charge in [-0.3, -0.25) is 4.90 Å². The van der Waals surface area contributed by atoms with Crippen molar-refractivity contribution in [2.45, 2.75) is 58.7 Å². The van der Waals surface area contributed by atoms with Crippen molar-refractivity contribution in [3.8, 4) is 0 Å². The molecule has 1 rings (SSSR count). The summed E-state index contributed by atoms with van der Waals surface area (Å²) in [6, 6.07) is 0. The third kappa shape index (κ3) is 8.90. The Hall–Kier alpha value is -0.160. The first-order valence-corrected chi connectivity index (χ1v) is 8.38. The van der Waals surface area contributed by atoms with Crippen LogP contribution in [-0.4, -0.2) is 63.0 Å². The van der Waals surface area contributed by atoms with Crippen molar-refractivity contribution >= 4 is 0 Å². The van der Waals surface area contributed by atoms with Crippen molar-refractivity contribution in [2.24, 2.45) is 0 Å².